The Bertz CT molecular complexity index is 496. The van der Waals surface area contributed by atoms with Crippen molar-refractivity contribution in [3.8, 4) is 0 Å². The van der Waals surface area contributed by atoms with Crippen LogP contribution in [0.2, 0.25) is 0 Å². The predicted octanol–water partition coefficient (Wildman–Crippen LogP) is 2.72. The molecule has 20 heavy (non-hydrogen) atoms. The average molecular weight is 308 g/mol. The lowest BCUT2D eigenvalue weighted by Gasteiger charge is -2.28. The molecule has 0 atom stereocenters. The molecule has 1 aromatic rings. The molecule has 0 saturated heterocycles. The van der Waals surface area contributed by atoms with Gasteiger partial charge >= 0.3 is 0 Å². The maximum atomic E-state index is 12.2. The van der Waals surface area contributed by atoms with Gasteiger partial charge in [0.1, 0.15) is 4.99 Å². The zero-order chi connectivity index (χ0) is 14.5. The summed E-state index contributed by atoms with van der Waals surface area (Å²) in [7, 11) is 0. The van der Waals surface area contributed by atoms with Crippen molar-refractivity contribution < 1.29 is 4.79 Å². The second-order valence-electron chi connectivity index (χ2n) is 5.13. The van der Waals surface area contributed by atoms with Crippen LogP contribution >= 0.6 is 24.0 Å². The van der Waals surface area contributed by atoms with E-state index in [1.807, 2.05) is 23.9 Å². The average Bonchev–Trinajstić information content (AvgIpc) is 2.48. The van der Waals surface area contributed by atoms with E-state index in [9.17, 15) is 4.79 Å². The Morgan fingerprint density at radius 2 is 1.95 bits per heavy atom. The number of nitrogens with one attached hydrogen (secondary N) is 1. The van der Waals surface area contributed by atoms with Gasteiger partial charge in [-0.05, 0) is 44.1 Å². The number of carbonyl (C=O) groups excluding carboxylic acids is 1. The number of hydrogen-bond donors (Lipinski definition) is 2. The van der Waals surface area contributed by atoms with E-state index in [4.69, 9.17) is 18.0 Å². The van der Waals surface area contributed by atoms with E-state index in [2.05, 4.69) is 11.6 Å². The van der Waals surface area contributed by atoms with E-state index in [0.717, 1.165) is 23.7 Å². The smallest absolute Gasteiger partial charge is 0.251 e. The summed E-state index contributed by atoms with van der Waals surface area (Å²) in [5.74, 6) is -0.0318. The first-order valence-electron chi connectivity index (χ1n) is 6.83. The van der Waals surface area contributed by atoms with Gasteiger partial charge in [0.2, 0.25) is 0 Å². The molecular weight excluding hydrogens is 288 g/mol. The van der Waals surface area contributed by atoms with Crippen molar-refractivity contribution in [2.24, 2.45) is 5.73 Å². The standard InChI is InChI=1S/C15H20N2OS2/c1-20-13-7-5-12(6-8-13)17-15(18)11-4-2-3-10(9-11)14(16)19/h2-4,9,12-13H,5-8H2,1H3,(H2,16,19)(H,17,18). The van der Waals surface area contributed by atoms with Crippen molar-refractivity contribution in [1.82, 2.24) is 5.32 Å². The van der Waals surface area contributed by atoms with Crippen molar-refractivity contribution in [2.45, 2.75) is 37.0 Å². The predicted molar refractivity (Wildman–Crippen MR) is 89.4 cm³/mol. The van der Waals surface area contributed by atoms with Crippen molar-refractivity contribution in [1.29, 1.82) is 0 Å². The first kappa shape index (κ1) is 15.3. The number of hydrogen-bond acceptors (Lipinski definition) is 3. The summed E-state index contributed by atoms with van der Waals surface area (Å²) in [6.07, 6.45) is 6.64. The van der Waals surface area contributed by atoms with Crippen LogP contribution < -0.4 is 11.1 Å². The highest BCUT2D eigenvalue weighted by Crippen LogP contribution is 2.26. The highest BCUT2D eigenvalue weighted by molar-refractivity contribution is 7.99. The zero-order valence-electron chi connectivity index (χ0n) is 11.6. The second kappa shape index (κ2) is 7.09. The lowest BCUT2D eigenvalue weighted by Crippen LogP contribution is -2.38. The van der Waals surface area contributed by atoms with Crippen molar-refractivity contribution in [3.63, 3.8) is 0 Å². The van der Waals surface area contributed by atoms with Crippen LogP contribution in [0, 0.1) is 0 Å². The SMILES string of the molecule is CSC1CCC(NC(=O)c2cccc(C(N)=S)c2)CC1. The van der Waals surface area contributed by atoms with Gasteiger partial charge in [-0.1, -0.05) is 24.4 Å². The summed E-state index contributed by atoms with van der Waals surface area (Å²) < 4.78 is 0. The molecule has 108 valence electrons. The normalized spacial score (nSPS) is 22.2. The third kappa shape index (κ3) is 3.96. The van der Waals surface area contributed by atoms with Gasteiger partial charge in [0.05, 0.1) is 0 Å². The Morgan fingerprint density at radius 1 is 1.30 bits per heavy atom. The second-order valence-corrected chi connectivity index (χ2v) is 6.71. The number of carbonyl (C=O) groups is 1. The highest BCUT2D eigenvalue weighted by atomic mass is 32.2. The third-order valence-corrected chi connectivity index (χ3v) is 5.13. The lowest BCUT2D eigenvalue weighted by molar-refractivity contribution is 0.0928. The molecule has 5 heteroatoms. The summed E-state index contributed by atoms with van der Waals surface area (Å²) in [5, 5.41) is 3.86. The van der Waals surface area contributed by atoms with E-state index in [0.29, 0.717) is 16.6 Å². The van der Waals surface area contributed by atoms with Gasteiger partial charge in [0.25, 0.3) is 5.91 Å². The van der Waals surface area contributed by atoms with E-state index in [1.165, 1.54) is 12.8 Å². The number of amides is 1. The minimum absolute atomic E-state index is 0.0318. The fraction of sp³-hybridized carbons (Fsp3) is 0.467. The fourth-order valence-electron chi connectivity index (χ4n) is 2.53. The molecule has 3 N–H and O–H groups in total. The van der Waals surface area contributed by atoms with Crippen molar-refractivity contribution >= 4 is 34.9 Å². The zero-order valence-corrected chi connectivity index (χ0v) is 13.2. The maximum absolute atomic E-state index is 12.2. The van der Waals surface area contributed by atoms with E-state index >= 15 is 0 Å². The summed E-state index contributed by atoms with van der Waals surface area (Å²) in [4.78, 5) is 12.6. The first-order chi connectivity index (χ1) is 9.60. The number of nitrogens with two attached hydrogens (primary N) is 1. The molecule has 1 aliphatic carbocycles. The van der Waals surface area contributed by atoms with E-state index in [1.54, 1.807) is 12.1 Å². The maximum Gasteiger partial charge on any atom is 0.251 e. The van der Waals surface area contributed by atoms with E-state index in [-0.39, 0.29) is 5.91 Å². The minimum atomic E-state index is -0.0318. The molecule has 1 saturated carbocycles. The lowest BCUT2D eigenvalue weighted by atomic mass is 9.94. The molecule has 1 aromatic carbocycles. The van der Waals surface area contributed by atoms with Crippen molar-refractivity contribution in [3.05, 3.63) is 35.4 Å². The van der Waals surface area contributed by atoms with Crippen LogP contribution in [0.3, 0.4) is 0 Å². The molecule has 0 aliphatic heterocycles. The van der Waals surface area contributed by atoms with Crippen LogP contribution in [-0.2, 0) is 0 Å². The summed E-state index contributed by atoms with van der Waals surface area (Å²) in [5.41, 5.74) is 6.96. The molecule has 1 aliphatic rings. The molecule has 0 bridgehead atoms. The van der Waals surface area contributed by atoms with Crippen LogP contribution in [0.15, 0.2) is 24.3 Å². The molecule has 0 radical (unpaired) electrons. The molecular formula is C15H20N2OS2. The summed E-state index contributed by atoms with van der Waals surface area (Å²) in [6.45, 7) is 0. The summed E-state index contributed by atoms with van der Waals surface area (Å²) in [6, 6.07) is 7.48. The highest BCUT2D eigenvalue weighted by Gasteiger charge is 2.22. The molecule has 0 heterocycles. The van der Waals surface area contributed by atoms with Gasteiger partial charge < -0.3 is 11.1 Å². The van der Waals surface area contributed by atoms with Gasteiger partial charge in [-0.25, -0.2) is 0 Å². The fourth-order valence-corrected chi connectivity index (χ4v) is 3.40. The van der Waals surface area contributed by atoms with Gasteiger partial charge in [-0.2, -0.15) is 11.8 Å². The third-order valence-electron chi connectivity index (χ3n) is 3.75. The van der Waals surface area contributed by atoms with Crippen molar-refractivity contribution in [2.75, 3.05) is 6.26 Å². The van der Waals surface area contributed by atoms with Gasteiger partial charge in [0.15, 0.2) is 0 Å². The summed E-state index contributed by atoms with van der Waals surface area (Å²) >= 11 is 6.87. The number of thioether (sulfide) groups is 1. The topological polar surface area (TPSA) is 55.1 Å². The van der Waals surface area contributed by atoms with E-state index < -0.39 is 0 Å². The number of benzene rings is 1. The molecule has 2 rings (SSSR count). The number of rotatable bonds is 4. The first-order valence-corrected chi connectivity index (χ1v) is 8.53. The van der Waals surface area contributed by atoms with Gasteiger partial charge in [0, 0.05) is 22.4 Å². The van der Waals surface area contributed by atoms with Crippen LogP contribution in [0.5, 0.6) is 0 Å². The van der Waals surface area contributed by atoms with Crippen LogP contribution in [0.1, 0.15) is 41.6 Å². The number of thiocarbonyl (C=S) groups is 1. The van der Waals surface area contributed by atoms with Crippen LogP contribution in [0.25, 0.3) is 0 Å². The Kier molecular flexibility index (Phi) is 5.43. The molecule has 3 nitrogen and oxygen atoms in total. The van der Waals surface area contributed by atoms with Gasteiger partial charge in [-0.3, -0.25) is 4.79 Å². The Morgan fingerprint density at radius 3 is 2.55 bits per heavy atom. The largest absolute Gasteiger partial charge is 0.389 e. The molecule has 1 fully saturated rings. The molecule has 0 aromatic heterocycles. The molecule has 0 spiro atoms. The van der Waals surface area contributed by atoms with Gasteiger partial charge in [-0.15, -0.1) is 0 Å². The Balaban J connectivity index is 1.95. The van der Waals surface area contributed by atoms with Crippen LogP contribution in [0.4, 0.5) is 0 Å². The minimum Gasteiger partial charge on any atom is -0.389 e. The molecule has 1 amide bonds. The van der Waals surface area contributed by atoms with Crippen LogP contribution in [-0.4, -0.2) is 28.4 Å². The Hall–Kier alpha value is -1.07. The Labute approximate surface area is 129 Å². The monoisotopic (exact) mass is 308 g/mol. The quantitative estimate of drug-likeness (QED) is 0.840. The molecule has 0 unspecified atom stereocenters.